The Bertz CT molecular complexity index is 232. The second-order valence-corrected chi connectivity index (χ2v) is 6.45. The fourth-order valence-electron chi connectivity index (χ4n) is 3.28. The zero-order chi connectivity index (χ0) is 13.5. The van der Waals surface area contributed by atoms with Gasteiger partial charge in [-0.3, -0.25) is 0 Å². The molecule has 0 aromatic rings. The van der Waals surface area contributed by atoms with Crippen molar-refractivity contribution in [1.29, 1.82) is 0 Å². The Morgan fingerprint density at radius 2 is 1.79 bits per heavy atom. The van der Waals surface area contributed by atoms with Crippen LogP contribution in [0.1, 0.15) is 19.3 Å². The first kappa shape index (κ1) is 15.2. The Kier molecular flexibility index (Phi) is 6.57. The van der Waals surface area contributed by atoms with Crippen molar-refractivity contribution in [2.24, 2.45) is 5.92 Å². The minimum Gasteiger partial charge on any atom is -0.314 e. The minimum absolute atomic E-state index is 0.931. The predicted octanol–water partition coefficient (Wildman–Crippen LogP) is 0.555. The summed E-state index contributed by atoms with van der Waals surface area (Å²) in [5, 5.41) is 3.42. The van der Waals surface area contributed by atoms with Gasteiger partial charge in [-0.25, -0.2) is 0 Å². The number of nitrogens with zero attached hydrogens (tertiary/aromatic N) is 3. The number of hydrogen-bond acceptors (Lipinski definition) is 4. The Morgan fingerprint density at radius 1 is 1.11 bits per heavy atom. The molecule has 2 aliphatic rings. The lowest BCUT2D eigenvalue weighted by Crippen LogP contribution is -2.44. The molecule has 0 amide bonds. The van der Waals surface area contributed by atoms with Gasteiger partial charge >= 0.3 is 0 Å². The highest BCUT2D eigenvalue weighted by Gasteiger charge is 2.18. The van der Waals surface area contributed by atoms with Crippen molar-refractivity contribution < 1.29 is 0 Å². The van der Waals surface area contributed by atoms with E-state index in [4.69, 9.17) is 0 Å². The average Bonchev–Trinajstić information content (AvgIpc) is 2.43. The SMILES string of the molecule is CN1CCC(CN(C)CCCN2CCNCC2)CC1. The van der Waals surface area contributed by atoms with Crippen molar-refractivity contribution in [3.05, 3.63) is 0 Å². The first-order valence-electron chi connectivity index (χ1n) is 8.04. The van der Waals surface area contributed by atoms with E-state index in [0.717, 1.165) is 5.92 Å². The lowest BCUT2D eigenvalue weighted by Gasteiger charge is -2.32. The van der Waals surface area contributed by atoms with Crippen LogP contribution in [0.2, 0.25) is 0 Å². The van der Waals surface area contributed by atoms with E-state index < -0.39 is 0 Å². The molecule has 0 atom stereocenters. The van der Waals surface area contributed by atoms with Crippen molar-refractivity contribution in [3.63, 3.8) is 0 Å². The van der Waals surface area contributed by atoms with Crippen molar-refractivity contribution >= 4 is 0 Å². The van der Waals surface area contributed by atoms with Crippen LogP contribution in [-0.4, -0.2) is 87.7 Å². The summed E-state index contributed by atoms with van der Waals surface area (Å²) in [5.41, 5.74) is 0. The second-order valence-electron chi connectivity index (χ2n) is 6.45. The molecule has 0 saturated carbocycles. The molecular formula is C15H32N4. The van der Waals surface area contributed by atoms with Gasteiger partial charge in [0, 0.05) is 32.7 Å². The average molecular weight is 268 g/mol. The molecule has 2 fully saturated rings. The van der Waals surface area contributed by atoms with Crippen LogP contribution in [-0.2, 0) is 0 Å². The molecule has 19 heavy (non-hydrogen) atoms. The molecule has 4 heteroatoms. The molecule has 1 N–H and O–H groups in total. The zero-order valence-electron chi connectivity index (χ0n) is 12.9. The summed E-state index contributed by atoms with van der Waals surface area (Å²) in [7, 11) is 4.55. The maximum absolute atomic E-state index is 3.42. The first-order valence-corrected chi connectivity index (χ1v) is 8.04. The predicted molar refractivity (Wildman–Crippen MR) is 81.6 cm³/mol. The molecule has 0 spiro atoms. The van der Waals surface area contributed by atoms with E-state index in [9.17, 15) is 0 Å². The Balaban J connectivity index is 1.52. The van der Waals surface area contributed by atoms with Crippen LogP contribution in [0.4, 0.5) is 0 Å². The van der Waals surface area contributed by atoms with Crippen LogP contribution in [0, 0.1) is 5.92 Å². The molecular weight excluding hydrogens is 236 g/mol. The van der Waals surface area contributed by atoms with Crippen LogP contribution in [0.3, 0.4) is 0 Å². The molecule has 2 rings (SSSR count). The monoisotopic (exact) mass is 268 g/mol. The minimum atomic E-state index is 0.931. The number of piperazine rings is 1. The first-order chi connectivity index (χ1) is 9.24. The van der Waals surface area contributed by atoms with Crippen molar-refractivity contribution in [2.45, 2.75) is 19.3 Å². The summed E-state index contributed by atoms with van der Waals surface area (Å²) in [6.45, 7) is 11.2. The molecule has 0 aromatic heterocycles. The Morgan fingerprint density at radius 3 is 2.47 bits per heavy atom. The van der Waals surface area contributed by atoms with Gasteiger partial charge < -0.3 is 20.0 Å². The molecule has 0 aliphatic carbocycles. The number of piperidine rings is 1. The fraction of sp³-hybridized carbons (Fsp3) is 1.00. The molecule has 0 bridgehead atoms. The second kappa shape index (κ2) is 8.20. The molecule has 0 radical (unpaired) electrons. The smallest absolute Gasteiger partial charge is 0.0107 e. The van der Waals surface area contributed by atoms with Gasteiger partial charge in [0.2, 0.25) is 0 Å². The molecule has 0 unspecified atom stereocenters. The van der Waals surface area contributed by atoms with Gasteiger partial charge in [0.15, 0.2) is 0 Å². The number of nitrogens with one attached hydrogen (secondary N) is 1. The normalized spacial score (nSPS) is 24.2. The molecule has 2 heterocycles. The van der Waals surface area contributed by atoms with Gasteiger partial charge in [-0.05, 0) is 65.5 Å². The van der Waals surface area contributed by atoms with E-state index in [2.05, 4.69) is 34.1 Å². The molecule has 0 aromatic carbocycles. The molecule has 112 valence electrons. The highest BCUT2D eigenvalue weighted by atomic mass is 15.2. The lowest BCUT2D eigenvalue weighted by molar-refractivity contribution is 0.168. The largest absolute Gasteiger partial charge is 0.314 e. The molecule has 2 saturated heterocycles. The summed E-state index contributed by atoms with van der Waals surface area (Å²) in [6.07, 6.45) is 4.10. The quantitative estimate of drug-likeness (QED) is 0.760. The third kappa shape index (κ3) is 5.78. The van der Waals surface area contributed by atoms with Crippen LogP contribution in [0.15, 0.2) is 0 Å². The maximum atomic E-state index is 3.42. The number of hydrogen-bond donors (Lipinski definition) is 1. The van der Waals surface area contributed by atoms with Gasteiger partial charge in [0.05, 0.1) is 0 Å². The van der Waals surface area contributed by atoms with Crippen molar-refractivity contribution in [2.75, 3.05) is 73.0 Å². The van der Waals surface area contributed by atoms with Gasteiger partial charge in [-0.15, -0.1) is 0 Å². The number of rotatable bonds is 6. The standard InChI is InChI=1S/C15H32N4/c1-17-10-4-15(5-11-17)14-18(2)8-3-9-19-12-6-16-7-13-19/h15-16H,3-14H2,1-2H3. The third-order valence-corrected chi connectivity index (χ3v) is 4.63. The van der Waals surface area contributed by atoms with Crippen LogP contribution < -0.4 is 5.32 Å². The summed E-state index contributed by atoms with van der Waals surface area (Å²) < 4.78 is 0. The van der Waals surface area contributed by atoms with E-state index in [1.807, 2.05) is 0 Å². The van der Waals surface area contributed by atoms with E-state index in [-0.39, 0.29) is 0 Å². The van der Waals surface area contributed by atoms with Crippen molar-refractivity contribution in [1.82, 2.24) is 20.0 Å². The highest BCUT2D eigenvalue weighted by molar-refractivity contribution is 4.73. The topological polar surface area (TPSA) is 21.8 Å². The molecule has 2 aliphatic heterocycles. The van der Waals surface area contributed by atoms with Gasteiger partial charge in [-0.2, -0.15) is 0 Å². The summed E-state index contributed by atoms with van der Waals surface area (Å²) in [4.78, 5) is 7.61. The zero-order valence-corrected chi connectivity index (χ0v) is 12.9. The van der Waals surface area contributed by atoms with Gasteiger partial charge in [-0.1, -0.05) is 0 Å². The summed E-state index contributed by atoms with van der Waals surface area (Å²) >= 11 is 0. The van der Waals surface area contributed by atoms with E-state index in [1.54, 1.807) is 0 Å². The van der Waals surface area contributed by atoms with E-state index in [1.165, 1.54) is 78.2 Å². The van der Waals surface area contributed by atoms with Gasteiger partial charge in [0.25, 0.3) is 0 Å². The van der Waals surface area contributed by atoms with Crippen molar-refractivity contribution in [3.8, 4) is 0 Å². The molecule has 4 nitrogen and oxygen atoms in total. The maximum Gasteiger partial charge on any atom is 0.0107 e. The summed E-state index contributed by atoms with van der Waals surface area (Å²) in [5.74, 6) is 0.931. The lowest BCUT2D eigenvalue weighted by atomic mass is 9.97. The Labute approximate surface area is 119 Å². The fourth-order valence-corrected chi connectivity index (χ4v) is 3.28. The highest BCUT2D eigenvalue weighted by Crippen LogP contribution is 2.16. The van der Waals surface area contributed by atoms with Gasteiger partial charge in [0.1, 0.15) is 0 Å². The van der Waals surface area contributed by atoms with Crippen LogP contribution >= 0.6 is 0 Å². The van der Waals surface area contributed by atoms with Crippen LogP contribution in [0.5, 0.6) is 0 Å². The Hall–Kier alpha value is -0.160. The summed E-state index contributed by atoms with van der Waals surface area (Å²) in [6, 6.07) is 0. The number of likely N-dealkylation sites (tertiary alicyclic amines) is 1. The van der Waals surface area contributed by atoms with E-state index in [0.29, 0.717) is 0 Å². The van der Waals surface area contributed by atoms with Crippen LogP contribution in [0.25, 0.3) is 0 Å². The van der Waals surface area contributed by atoms with E-state index >= 15 is 0 Å². The third-order valence-electron chi connectivity index (χ3n) is 4.63.